The summed E-state index contributed by atoms with van der Waals surface area (Å²) in [5, 5.41) is 8.90. The van der Waals surface area contributed by atoms with Crippen LogP contribution in [0.5, 0.6) is 6.01 Å². The van der Waals surface area contributed by atoms with Gasteiger partial charge in [0.2, 0.25) is 0 Å². The molecule has 0 bridgehead atoms. The maximum Gasteiger partial charge on any atom is 0.354 e. The number of hydrogen-bond donors (Lipinski definition) is 1. The molecule has 0 fully saturated rings. The third-order valence-corrected chi connectivity index (χ3v) is 2.82. The van der Waals surface area contributed by atoms with Crippen molar-refractivity contribution >= 4 is 5.97 Å². The highest BCUT2D eigenvalue weighted by Gasteiger charge is 2.22. The third-order valence-electron chi connectivity index (χ3n) is 2.82. The molecule has 0 aliphatic rings. The number of aryl methyl sites for hydroxylation is 1. The number of aromatic carboxylic acids is 1. The lowest BCUT2D eigenvalue weighted by Gasteiger charge is -2.31. The fraction of sp³-hybridized carbons (Fsp3) is 0.583. The summed E-state index contributed by atoms with van der Waals surface area (Å²) in [6, 6.07) is 1.51. The van der Waals surface area contributed by atoms with Gasteiger partial charge in [0.1, 0.15) is 6.61 Å². The number of rotatable bonds is 5. The first-order valence-corrected chi connectivity index (χ1v) is 5.61. The van der Waals surface area contributed by atoms with Crippen LogP contribution in [-0.2, 0) is 0 Å². The largest absolute Gasteiger partial charge is 0.477 e. The predicted octanol–water partition coefficient (Wildman–Crippen LogP) is 1.20. The van der Waals surface area contributed by atoms with Crippen molar-refractivity contribution in [2.75, 3.05) is 20.7 Å². The van der Waals surface area contributed by atoms with Gasteiger partial charge in [-0.1, -0.05) is 0 Å². The Balaban J connectivity index is 2.83. The van der Waals surface area contributed by atoms with Crippen LogP contribution in [0.15, 0.2) is 6.07 Å². The minimum absolute atomic E-state index is 0.0554. The molecule has 0 unspecified atom stereocenters. The smallest absolute Gasteiger partial charge is 0.354 e. The number of hydrogen-bond acceptors (Lipinski definition) is 5. The van der Waals surface area contributed by atoms with Crippen LogP contribution in [0.25, 0.3) is 0 Å². The zero-order valence-electron chi connectivity index (χ0n) is 11.4. The van der Waals surface area contributed by atoms with E-state index in [0.717, 1.165) is 0 Å². The number of likely N-dealkylation sites (N-methyl/N-ethyl adjacent to an activating group) is 1. The SMILES string of the molecule is Cc1cc(C(=O)O)nc(OCC(C)(C)N(C)C)n1. The molecule has 0 atom stereocenters. The van der Waals surface area contributed by atoms with Crippen molar-refractivity contribution in [3.8, 4) is 6.01 Å². The molecule has 18 heavy (non-hydrogen) atoms. The van der Waals surface area contributed by atoms with Gasteiger partial charge in [0.25, 0.3) is 0 Å². The summed E-state index contributed by atoms with van der Waals surface area (Å²) in [6.07, 6.45) is 0. The lowest BCUT2D eigenvalue weighted by molar-refractivity contribution is 0.0686. The molecular formula is C12H19N3O3. The number of nitrogens with zero attached hydrogens (tertiary/aromatic N) is 3. The van der Waals surface area contributed by atoms with Crippen LogP contribution < -0.4 is 4.74 Å². The molecule has 1 aromatic rings. The fourth-order valence-corrected chi connectivity index (χ4v) is 1.09. The zero-order valence-corrected chi connectivity index (χ0v) is 11.4. The Hall–Kier alpha value is -1.69. The second-order valence-electron chi connectivity index (χ2n) is 4.98. The molecule has 1 heterocycles. The topological polar surface area (TPSA) is 75.6 Å². The van der Waals surface area contributed by atoms with Crippen molar-refractivity contribution in [1.29, 1.82) is 0 Å². The quantitative estimate of drug-likeness (QED) is 0.849. The van der Waals surface area contributed by atoms with Crippen molar-refractivity contribution in [2.45, 2.75) is 26.3 Å². The summed E-state index contributed by atoms with van der Waals surface area (Å²) < 4.78 is 5.48. The molecule has 0 aliphatic heterocycles. The molecule has 6 nitrogen and oxygen atoms in total. The highest BCUT2D eigenvalue weighted by atomic mass is 16.5. The van der Waals surface area contributed by atoms with Gasteiger partial charge in [0.15, 0.2) is 5.69 Å². The summed E-state index contributed by atoms with van der Waals surface area (Å²) in [4.78, 5) is 20.8. The van der Waals surface area contributed by atoms with E-state index in [1.807, 2.05) is 32.8 Å². The van der Waals surface area contributed by atoms with Gasteiger partial charge >= 0.3 is 12.0 Å². The Labute approximate surface area is 107 Å². The summed E-state index contributed by atoms with van der Waals surface area (Å²) in [7, 11) is 3.90. The second kappa shape index (κ2) is 5.30. The Morgan fingerprint density at radius 3 is 2.56 bits per heavy atom. The van der Waals surface area contributed by atoms with E-state index in [2.05, 4.69) is 9.97 Å². The predicted molar refractivity (Wildman–Crippen MR) is 67.0 cm³/mol. The molecular weight excluding hydrogens is 234 g/mol. The van der Waals surface area contributed by atoms with Crippen LogP contribution in [0.1, 0.15) is 30.0 Å². The number of aromatic nitrogens is 2. The summed E-state index contributed by atoms with van der Waals surface area (Å²) in [5.41, 5.74) is 0.330. The van der Waals surface area contributed by atoms with Gasteiger partial charge in [-0.25, -0.2) is 9.78 Å². The number of ether oxygens (including phenoxy) is 1. The fourth-order valence-electron chi connectivity index (χ4n) is 1.09. The van der Waals surface area contributed by atoms with Crippen LogP contribution in [0.4, 0.5) is 0 Å². The Bertz CT molecular complexity index is 444. The van der Waals surface area contributed by atoms with Crippen molar-refractivity contribution < 1.29 is 14.6 Å². The Kier molecular flexibility index (Phi) is 4.24. The first-order valence-electron chi connectivity index (χ1n) is 5.61. The number of carboxylic acid groups (broad SMARTS) is 1. The van der Waals surface area contributed by atoms with E-state index in [9.17, 15) is 4.79 Å². The molecule has 0 radical (unpaired) electrons. The van der Waals surface area contributed by atoms with E-state index in [0.29, 0.717) is 12.3 Å². The first kappa shape index (κ1) is 14.4. The molecule has 1 rings (SSSR count). The molecule has 1 N–H and O–H groups in total. The minimum atomic E-state index is -1.09. The van der Waals surface area contributed by atoms with Crippen LogP contribution in [-0.4, -0.2) is 52.2 Å². The number of carbonyl (C=O) groups is 1. The van der Waals surface area contributed by atoms with Gasteiger partial charge < -0.3 is 14.7 Å². The van der Waals surface area contributed by atoms with Crippen LogP contribution >= 0.6 is 0 Å². The molecule has 0 saturated carbocycles. The van der Waals surface area contributed by atoms with Gasteiger partial charge in [-0.15, -0.1) is 0 Å². The van der Waals surface area contributed by atoms with Gasteiger partial charge in [-0.3, -0.25) is 0 Å². The first-order chi connectivity index (χ1) is 8.22. The van der Waals surface area contributed by atoms with Gasteiger partial charge in [-0.2, -0.15) is 4.98 Å². The monoisotopic (exact) mass is 253 g/mol. The maximum atomic E-state index is 10.9. The van der Waals surface area contributed by atoms with Crippen LogP contribution in [0.3, 0.4) is 0 Å². The Morgan fingerprint density at radius 1 is 1.44 bits per heavy atom. The third kappa shape index (κ3) is 3.66. The molecule has 0 saturated heterocycles. The average molecular weight is 253 g/mol. The molecule has 0 amide bonds. The highest BCUT2D eigenvalue weighted by Crippen LogP contribution is 2.13. The highest BCUT2D eigenvalue weighted by molar-refractivity contribution is 5.85. The van der Waals surface area contributed by atoms with E-state index in [1.54, 1.807) is 6.92 Å². The summed E-state index contributed by atoms with van der Waals surface area (Å²) in [6.45, 7) is 6.11. The standard InChI is InChI=1S/C12H19N3O3/c1-8-6-9(10(16)17)14-11(13-8)18-7-12(2,3)15(4)5/h6H,7H2,1-5H3,(H,16,17). The molecule has 6 heteroatoms. The molecule has 0 aliphatic carbocycles. The maximum absolute atomic E-state index is 10.9. The van der Waals surface area contributed by atoms with E-state index in [-0.39, 0.29) is 17.2 Å². The second-order valence-corrected chi connectivity index (χ2v) is 4.98. The van der Waals surface area contributed by atoms with Gasteiger partial charge in [0, 0.05) is 11.2 Å². The van der Waals surface area contributed by atoms with Gasteiger partial charge in [-0.05, 0) is 40.9 Å². The van der Waals surface area contributed by atoms with Crippen LogP contribution in [0, 0.1) is 6.92 Å². The Morgan fingerprint density at radius 2 is 2.06 bits per heavy atom. The molecule has 0 spiro atoms. The van der Waals surface area contributed by atoms with E-state index in [1.165, 1.54) is 6.07 Å². The molecule has 1 aromatic heterocycles. The van der Waals surface area contributed by atoms with Crippen molar-refractivity contribution in [2.24, 2.45) is 0 Å². The summed E-state index contributed by atoms with van der Waals surface area (Å²) >= 11 is 0. The van der Waals surface area contributed by atoms with E-state index >= 15 is 0 Å². The van der Waals surface area contributed by atoms with E-state index in [4.69, 9.17) is 9.84 Å². The average Bonchev–Trinajstić information content (AvgIpc) is 2.25. The lowest BCUT2D eigenvalue weighted by Crippen LogP contribution is -2.43. The molecule has 0 aromatic carbocycles. The zero-order chi connectivity index (χ0) is 13.9. The van der Waals surface area contributed by atoms with Crippen molar-refractivity contribution in [1.82, 2.24) is 14.9 Å². The van der Waals surface area contributed by atoms with Gasteiger partial charge in [0.05, 0.1) is 0 Å². The minimum Gasteiger partial charge on any atom is -0.477 e. The van der Waals surface area contributed by atoms with E-state index < -0.39 is 5.97 Å². The normalized spacial score (nSPS) is 11.7. The number of carboxylic acids is 1. The van der Waals surface area contributed by atoms with Crippen molar-refractivity contribution in [3.05, 3.63) is 17.5 Å². The molecule has 100 valence electrons. The van der Waals surface area contributed by atoms with Crippen LogP contribution in [0.2, 0.25) is 0 Å². The lowest BCUT2D eigenvalue weighted by atomic mass is 10.1. The van der Waals surface area contributed by atoms with Crippen molar-refractivity contribution in [3.63, 3.8) is 0 Å². The summed E-state index contributed by atoms with van der Waals surface area (Å²) in [5.74, 6) is -1.09.